The van der Waals surface area contributed by atoms with Crippen molar-refractivity contribution in [2.75, 3.05) is 78.8 Å². The van der Waals surface area contributed by atoms with E-state index in [1.54, 1.807) is 0 Å². The Hall–Kier alpha value is -2.66. The number of alkyl carbamates (subject to hydrolysis) is 2. The first-order valence-corrected chi connectivity index (χ1v) is 28.7. The second-order valence-electron chi connectivity index (χ2n) is 19.6. The molecule has 2 atom stereocenters. The number of ether oxygens (including phenoxy) is 4. The van der Waals surface area contributed by atoms with Gasteiger partial charge in [-0.05, 0) is 155 Å². The minimum atomic E-state index is -0.795. The molecule has 0 aromatic carbocycles. The Labute approximate surface area is 418 Å². The van der Waals surface area contributed by atoms with Gasteiger partial charge in [-0.15, -0.1) is 0 Å². The number of rotatable bonds is 45. The summed E-state index contributed by atoms with van der Waals surface area (Å²) in [6, 6.07) is 0. The fourth-order valence-electron chi connectivity index (χ4n) is 8.93. The van der Waals surface area contributed by atoms with Crippen LogP contribution in [-0.4, -0.2) is 113 Å². The highest BCUT2D eigenvalue weighted by Crippen LogP contribution is 2.14. The van der Waals surface area contributed by atoms with Crippen molar-refractivity contribution < 1.29 is 28.5 Å². The summed E-state index contributed by atoms with van der Waals surface area (Å²) >= 11 is 0. The maximum Gasteiger partial charge on any atom is 0.407 e. The van der Waals surface area contributed by atoms with Gasteiger partial charge in [-0.25, -0.2) is 9.59 Å². The average Bonchev–Trinajstić information content (AvgIpc) is 3.35. The van der Waals surface area contributed by atoms with Crippen LogP contribution in [0.3, 0.4) is 0 Å². The van der Waals surface area contributed by atoms with Gasteiger partial charge in [0.05, 0.1) is 13.2 Å². The molecule has 2 aliphatic heterocycles. The van der Waals surface area contributed by atoms with Crippen LogP contribution < -0.4 is 10.6 Å². The van der Waals surface area contributed by atoms with Crippen molar-refractivity contribution in [3.63, 3.8) is 0 Å². The number of likely N-dealkylation sites (tertiary alicyclic amines) is 2. The van der Waals surface area contributed by atoms with E-state index in [1.165, 1.54) is 141 Å². The molecule has 2 fully saturated rings. The van der Waals surface area contributed by atoms with Gasteiger partial charge in [-0.3, -0.25) is 0 Å². The number of nitrogens with one attached hydrogen (secondary N) is 2. The Morgan fingerprint density at radius 2 is 0.765 bits per heavy atom. The van der Waals surface area contributed by atoms with Gasteiger partial charge in [-0.2, -0.15) is 0 Å². The monoisotopic (exact) mass is 955 g/mol. The summed E-state index contributed by atoms with van der Waals surface area (Å²) in [4.78, 5) is 31.5. The highest BCUT2D eigenvalue weighted by Gasteiger charge is 2.30. The second kappa shape index (κ2) is 48.0. The molecule has 2 N–H and O–H groups in total. The minimum Gasteiger partial charge on any atom is -0.440 e. The lowest BCUT2D eigenvalue weighted by molar-refractivity contribution is -0.0798. The van der Waals surface area contributed by atoms with E-state index in [-0.39, 0.29) is 13.2 Å². The third kappa shape index (κ3) is 39.1. The van der Waals surface area contributed by atoms with Crippen LogP contribution in [0.2, 0.25) is 0 Å². The summed E-state index contributed by atoms with van der Waals surface area (Å²) < 4.78 is 24.4. The largest absolute Gasteiger partial charge is 0.440 e. The van der Waals surface area contributed by atoms with Gasteiger partial charge in [0.15, 0.2) is 12.2 Å². The second-order valence-corrected chi connectivity index (χ2v) is 19.6. The van der Waals surface area contributed by atoms with Gasteiger partial charge in [-0.1, -0.05) is 152 Å². The number of hydrogen-bond acceptors (Lipinski definition) is 8. The van der Waals surface area contributed by atoms with Crippen molar-refractivity contribution in [3.05, 3.63) is 48.6 Å². The van der Waals surface area contributed by atoms with Gasteiger partial charge in [0.25, 0.3) is 0 Å². The quantitative estimate of drug-likeness (QED) is 0.0460. The first-order chi connectivity index (χ1) is 33.6. The van der Waals surface area contributed by atoms with Crippen molar-refractivity contribution in [2.24, 2.45) is 0 Å². The Morgan fingerprint density at radius 1 is 0.426 bits per heavy atom. The van der Waals surface area contributed by atoms with Crippen molar-refractivity contribution >= 4 is 12.2 Å². The van der Waals surface area contributed by atoms with Crippen molar-refractivity contribution in [3.8, 4) is 0 Å². The van der Waals surface area contributed by atoms with Crippen molar-refractivity contribution in [1.29, 1.82) is 0 Å². The van der Waals surface area contributed by atoms with E-state index in [2.05, 4.69) is 82.9 Å². The molecule has 0 aliphatic carbocycles. The molecule has 0 aromatic rings. The molecule has 10 heteroatoms. The number of carbonyl (C=O) groups is 2. The van der Waals surface area contributed by atoms with Crippen LogP contribution in [0.4, 0.5) is 9.59 Å². The molecule has 2 amide bonds. The lowest BCUT2D eigenvalue weighted by Crippen LogP contribution is -2.45. The van der Waals surface area contributed by atoms with Crippen LogP contribution in [0.25, 0.3) is 0 Å². The molecule has 0 spiro atoms. The molecule has 2 rings (SSSR count). The summed E-state index contributed by atoms with van der Waals surface area (Å²) in [5.74, 6) is 0. The van der Waals surface area contributed by atoms with Gasteiger partial charge in [0, 0.05) is 26.3 Å². The number of nitrogens with zero attached hydrogens (tertiary/aromatic N) is 2. The summed E-state index contributed by atoms with van der Waals surface area (Å²) in [5.41, 5.74) is 0. The molecule has 0 saturated carbocycles. The van der Waals surface area contributed by atoms with Crippen LogP contribution in [0, 0.1) is 0 Å². The zero-order valence-corrected chi connectivity index (χ0v) is 44.2. The van der Waals surface area contributed by atoms with E-state index in [9.17, 15) is 9.59 Å². The van der Waals surface area contributed by atoms with E-state index >= 15 is 0 Å². The molecule has 2 saturated heterocycles. The molecule has 2 aliphatic rings. The molecule has 0 aromatic heterocycles. The van der Waals surface area contributed by atoms with E-state index in [1.807, 2.05) is 0 Å². The lowest BCUT2D eigenvalue weighted by atomic mass is 10.1. The van der Waals surface area contributed by atoms with Gasteiger partial charge >= 0.3 is 12.2 Å². The first-order valence-electron chi connectivity index (χ1n) is 28.7. The number of piperidine rings is 2. The zero-order chi connectivity index (χ0) is 48.5. The molecule has 394 valence electrons. The fraction of sp³-hybridized carbons (Fsp3) is 0.828. The van der Waals surface area contributed by atoms with Crippen LogP contribution in [-0.2, 0) is 18.9 Å². The summed E-state index contributed by atoms with van der Waals surface area (Å²) in [6.45, 7) is 13.4. The van der Waals surface area contributed by atoms with Crippen molar-refractivity contribution in [2.45, 2.75) is 232 Å². The average molecular weight is 956 g/mol. The van der Waals surface area contributed by atoms with E-state index in [0.717, 1.165) is 103 Å². The molecule has 68 heavy (non-hydrogen) atoms. The normalized spacial score (nSPS) is 16.1. The number of unbranched alkanes of at least 4 members (excludes halogenated alkanes) is 18. The van der Waals surface area contributed by atoms with Gasteiger partial charge in [0.2, 0.25) is 0 Å². The third-order valence-electron chi connectivity index (χ3n) is 13.2. The van der Waals surface area contributed by atoms with Crippen LogP contribution in [0.5, 0.6) is 0 Å². The topological polar surface area (TPSA) is 102 Å². The lowest BCUT2D eigenvalue weighted by Gasteiger charge is -2.28. The Morgan fingerprint density at radius 3 is 1.13 bits per heavy atom. The molecule has 0 bridgehead atoms. The van der Waals surface area contributed by atoms with Crippen LogP contribution >= 0.6 is 0 Å². The van der Waals surface area contributed by atoms with Crippen LogP contribution in [0.15, 0.2) is 48.6 Å². The predicted octanol–water partition coefficient (Wildman–Crippen LogP) is 14.6. The molecular weight excluding hydrogens is 849 g/mol. The first kappa shape index (κ1) is 61.5. The number of amides is 2. The maximum absolute atomic E-state index is 13.3. The zero-order valence-electron chi connectivity index (χ0n) is 44.2. The summed E-state index contributed by atoms with van der Waals surface area (Å²) in [7, 11) is 0. The van der Waals surface area contributed by atoms with Gasteiger partial charge < -0.3 is 39.4 Å². The van der Waals surface area contributed by atoms with Gasteiger partial charge in [0.1, 0.15) is 0 Å². The molecule has 0 radical (unpaired) electrons. The summed E-state index contributed by atoms with van der Waals surface area (Å²) in [6.07, 6.45) is 53.7. The third-order valence-corrected chi connectivity index (χ3v) is 13.2. The number of carbonyl (C=O) groups excluding carboxylic acids is 2. The minimum absolute atomic E-state index is 0.142. The fourth-order valence-corrected chi connectivity index (χ4v) is 8.93. The Balaban J connectivity index is 1.82. The smallest absolute Gasteiger partial charge is 0.407 e. The number of hydrogen-bond donors (Lipinski definition) is 2. The maximum atomic E-state index is 13.3. The Bertz CT molecular complexity index is 1150. The molecular formula is C58H106N4O6. The molecule has 2 unspecified atom stereocenters. The SMILES string of the molecule is CCCCC/C=C\C/C=C\CCCCCCCCOCC(OC(=O)NCCCN1CCCCC1)C(COCCCCCCCC/C=C\C/C=C\CCCCC)OC(=O)NCCCN1CCCCC1. The highest BCUT2D eigenvalue weighted by molar-refractivity contribution is 5.68. The highest BCUT2D eigenvalue weighted by atomic mass is 16.6. The molecule has 10 nitrogen and oxygen atoms in total. The predicted molar refractivity (Wildman–Crippen MR) is 287 cm³/mol. The Kier molecular flexibility index (Phi) is 43.4. The standard InChI is InChI=1S/C58H106N4O6/c1-3-5-7-9-11-13-15-17-19-21-23-25-27-29-31-39-51-65-53-55(67-57(63)59-43-41-49-61-45-35-33-36-46-61)56(68-58(64)60-44-42-50-62-47-37-34-38-48-62)54-66-52-40-32-30-28-26-24-22-20-18-16-14-12-10-8-6-4-2/h11-14,17-20,55-56H,3-10,15-16,21-54H2,1-2H3,(H,59,63)(H,60,64)/b13-11-,14-12-,19-17-,20-18-. The summed E-state index contributed by atoms with van der Waals surface area (Å²) in [5, 5.41) is 5.93. The van der Waals surface area contributed by atoms with Crippen molar-refractivity contribution in [1.82, 2.24) is 20.4 Å². The van der Waals surface area contributed by atoms with Crippen LogP contribution in [0.1, 0.15) is 219 Å². The number of allylic oxidation sites excluding steroid dienone is 8. The van der Waals surface area contributed by atoms with E-state index in [4.69, 9.17) is 18.9 Å². The molecule has 2 heterocycles. The van der Waals surface area contributed by atoms with E-state index < -0.39 is 24.4 Å². The van der Waals surface area contributed by atoms with E-state index in [0.29, 0.717) is 26.3 Å².